The third-order valence-electron chi connectivity index (χ3n) is 2.37. The summed E-state index contributed by atoms with van der Waals surface area (Å²) in [6, 6.07) is 10.00. The van der Waals surface area contributed by atoms with Crippen LogP contribution in [0.5, 0.6) is 0 Å². The van der Waals surface area contributed by atoms with Crippen molar-refractivity contribution in [3.8, 4) is 0 Å². The molecule has 0 spiro atoms. The second kappa shape index (κ2) is 7.07. The molecule has 90 valence electrons. The van der Waals surface area contributed by atoms with Crippen LogP contribution in [0.3, 0.4) is 0 Å². The quantitative estimate of drug-likeness (QED) is 0.836. The maximum Gasteiger partial charge on any atom is 0.160 e. The molecule has 0 aliphatic rings. The van der Waals surface area contributed by atoms with Crippen LogP contribution in [0.15, 0.2) is 30.3 Å². The standard InChI is InChI=1S/C12H18ClNOS/c1-3-14(4-2)12(15)16(13)10-11-8-6-5-7-9-11/h5-9,15H,3-4,10H2,1-2H3. The summed E-state index contributed by atoms with van der Waals surface area (Å²) in [4.78, 5) is 1.89. The Morgan fingerprint density at radius 3 is 2.31 bits per heavy atom. The van der Waals surface area contributed by atoms with Gasteiger partial charge >= 0.3 is 0 Å². The second-order valence-electron chi connectivity index (χ2n) is 3.42. The van der Waals surface area contributed by atoms with Crippen LogP contribution in [0.1, 0.15) is 19.4 Å². The number of aliphatic hydroxyl groups excluding tert-OH is 1. The van der Waals surface area contributed by atoms with E-state index in [0.717, 1.165) is 18.7 Å². The van der Waals surface area contributed by atoms with Gasteiger partial charge in [0, 0.05) is 18.8 Å². The monoisotopic (exact) mass is 259 g/mol. The lowest BCUT2D eigenvalue weighted by Gasteiger charge is -2.18. The molecule has 0 amide bonds. The first-order valence-corrected chi connectivity index (χ1v) is 7.63. The third kappa shape index (κ3) is 3.91. The molecule has 0 fully saturated rings. The highest BCUT2D eigenvalue weighted by atomic mass is 35.7. The van der Waals surface area contributed by atoms with E-state index in [2.05, 4.69) is 0 Å². The Balaban J connectivity index is 2.76. The molecule has 0 radical (unpaired) electrons. The van der Waals surface area contributed by atoms with E-state index in [9.17, 15) is 5.11 Å². The molecular weight excluding hydrogens is 242 g/mol. The molecule has 0 aromatic heterocycles. The highest BCUT2D eigenvalue weighted by molar-refractivity contribution is 8.34. The van der Waals surface area contributed by atoms with E-state index >= 15 is 0 Å². The van der Waals surface area contributed by atoms with Gasteiger partial charge in [0.15, 0.2) is 5.17 Å². The molecule has 0 saturated heterocycles. The zero-order valence-electron chi connectivity index (χ0n) is 9.69. The van der Waals surface area contributed by atoms with Gasteiger partial charge in [-0.3, -0.25) is 4.90 Å². The number of aliphatic hydroxyl groups is 1. The smallest absolute Gasteiger partial charge is 0.160 e. The number of halogens is 1. The predicted octanol–water partition coefficient (Wildman–Crippen LogP) is 3.60. The molecule has 0 heterocycles. The molecule has 0 bridgehead atoms. The van der Waals surface area contributed by atoms with E-state index in [1.165, 1.54) is 0 Å². The van der Waals surface area contributed by atoms with Crippen molar-refractivity contribution in [3.05, 3.63) is 35.9 Å². The molecule has 0 saturated carbocycles. The Kier molecular flexibility index (Phi) is 6.06. The summed E-state index contributed by atoms with van der Waals surface area (Å²) in [7, 11) is 5.59. The van der Waals surface area contributed by atoms with E-state index in [1.54, 1.807) is 0 Å². The van der Waals surface area contributed by atoms with Gasteiger partial charge < -0.3 is 5.11 Å². The first kappa shape index (κ1) is 13.7. The largest absolute Gasteiger partial charge is 0.345 e. The summed E-state index contributed by atoms with van der Waals surface area (Å²) >= 11 is 0. The molecule has 1 N–H and O–H groups in total. The molecule has 4 heteroatoms. The Hall–Kier alpha value is -0.350. The molecule has 1 unspecified atom stereocenters. The van der Waals surface area contributed by atoms with Crippen LogP contribution >= 0.6 is 20.4 Å². The number of rotatable bonds is 4. The zero-order chi connectivity index (χ0) is 12.0. The highest BCUT2D eigenvalue weighted by Gasteiger charge is 2.08. The Labute approximate surface area is 104 Å². The first-order valence-electron chi connectivity index (χ1n) is 5.41. The van der Waals surface area contributed by atoms with Gasteiger partial charge in [0.25, 0.3) is 0 Å². The van der Waals surface area contributed by atoms with E-state index in [0.29, 0.717) is 10.9 Å². The van der Waals surface area contributed by atoms with Gasteiger partial charge in [-0.05, 0) is 25.9 Å². The topological polar surface area (TPSA) is 23.5 Å². The molecular formula is C12H18ClNOS. The van der Waals surface area contributed by atoms with Crippen LogP contribution in [0, 0.1) is 0 Å². The molecule has 1 rings (SSSR count). The SMILES string of the molecule is CCN(CC)C(O)=S(Cl)Cc1ccccc1. The summed E-state index contributed by atoms with van der Waals surface area (Å²) in [5, 5.41) is 10.3. The van der Waals surface area contributed by atoms with E-state index in [-0.39, 0.29) is 0 Å². The van der Waals surface area contributed by atoms with Crippen molar-refractivity contribution in [2.24, 2.45) is 0 Å². The average Bonchev–Trinajstić information content (AvgIpc) is 2.31. The lowest BCUT2D eigenvalue weighted by molar-refractivity contribution is 0.371. The van der Waals surface area contributed by atoms with Crippen molar-refractivity contribution in [2.45, 2.75) is 19.6 Å². The number of hydrogen-bond donors (Lipinski definition) is 1. The van der Waals surface area contributed by atoms with Crippen LogP contribution in [-0.4, -0.2) is 28.3 Å². The lowest BCUT2D eigenvalue weighted by Crippen LogP contribution is -2.29. The third-order valence-corrected chi connectivity index (χ3v) is 4.35. The average molecular weight is 260 g/mol. The first-order chi connectivity index (χ1) is 7.69. The summed E-state index contributed by atoms with van der Waals surface area (Å²) in [6.07, 6.45) is 0. The molecule has 1 atom stereocenters. The molecule has 16 heavy (non-hydrogen) atoms. The fourth-order valence-corrected chi connectivity index (χ4v) is 3.24. The van der Waals surface area contributed by atoms with E-state index in [4.69, 9.17) is 10.7 Å². The van der Waals surface area contributed by atoms with Crippen molar-refractivity contribution in [1.29, 1.82) is 0 Å². The summed E-state index contributed by atoms with van der Waals surface area (Å²) < 4.78 is 0. The van der Waals surface area contributed by atoms with Crippen LogP contribution in [-0.2, 0) is 5.75 Å². The minimum Gasteiger partial charge on any atom is -0.345 e. The van der Waals surface area contributed by atoms with Gasteiger partial charge in [0.1, 0.15) is 0 Å². The van der Waals surface area contributed by atoms with Crippen molar-refractivity contribution in [3.63, 3.8) is 0 Å². The highest BCUT2D eigenvalue weighted by Crippen LogP contribution is 2.27. The normalized spacial score (nSPS) is 13.9. The Morgan fingerprint density at radius 1 is 1.25 bits per heavy atom. The van der Waals surface area contributed by atoms with E-state index in [1.807, 2.05) is 49.1 Å². The molecule has 0 aliphatic carbocycles. The fraction of sp³-hybridized carbons (Fsp3) is 0.417. The maximum atomic E-state index is 9.96. The van der Waals surface area contributed by atoms with Crippen LogP contribution in [0.4, 0.5) is 0 Å². The zero-order valence-corrected chi connectivity index (χ0v) is 11.3. The molecule has 1 aromatic rings. The van der Waals surface area contributed by atoms with Gasteiger partial charge in [-0.2, -0.15) is 0 Å². The maximum absolute atomic E-state index is 9.96. The van der Waals surface area contributed by atoms with Gasteiger partial charge in [0.05, 0.1) is 0 Å². The summed E-state index contributed by atoms with van der Waals surface area (Å²) in [5.41, 5.74) is 1.15. The van der Waals surface area contributed by atoms with Gasteiger partial charge in [0.2, 0.25) is 0 Å². The Morgan fingerprint density at radius 2 is 1.81 bits per heavy atom. The van der Waals surface area contributed by atoms with E-state index < -0.39 is 9.70 Å². The van der Waals surface area contributed by atoms with Crippen molar-refractivity contribution >= 4 is 25.6 Å². The second-order valence-corrected chi connectivity index (χ2v) is 5.85. The lowest BCUT2D eigenvalue weighted by atomic mass is 10.2. The minimum atomic E-state index is -0.625. The van der Waals surface area contributed by atoms with Gasteiger partial charge in [-0.1, -0.05) is 44.2 Å². The summed E-state index contributed by atoms with van der Waals surface area (Å²) in [5.74, 6) is 0.685. The molecule has 1 aromatic carbocycles. The van der Waals surface area contributed by atoms with Gasteiger partial charge in [-0.25, -0.2) is 0 Å². The molecule has 0 aliphatic heterocycles. The van der Waals surface area contributed by atoms with Crippen LogP contribution in [0.2, 0.25) is 0 Å². The Bertz CT molecular complexity index is 349. The van der Waals surface area contributed by atoms with Crippen molar-refractivity contribution in [1.82, 2.24) is 4.90 Å². The van der Waals surface area contributed by atoms with Crippen LogP contribution in [0.25, 0.3) is 0 Å². The fourth-order valence-electron chi connectivity index (χ4n) is 1.42. The van der Waals surface area contributed by atoms with Crippen molar-refractivity contribution < 1.29 is 5.11 Å². The minimum absolute atomic E-state index is 0.301. The predicted molar refractivity (Wildman–Crippen MR) is 74.1 cm³/mol. The van der Waals surface area contributed by atoms with Gasteiger partial charge in [-0.15, -0.1) is 0 Å². The van der Waals surface area contributed by atoms with Crippen molar-refractivity contribution in [2.75, 3.05) is 13.1 Å². The number of nitrogens with zero attached hydrogens (tertiary/aromatic N) is 1. The number of hydrogen-bond acceptors (Lipinski definition) is 0. The summed E-state index contributed by atoms with van der Waals surface area (Å²) in [6.45, 7) is 5.59. The van der Waals surface area contributed by atoms with Crippen LogP contribution < -0.4 is 0 Å². The number of benzene rings is 1. The molecule has 2 nitrogen and oxygen atoms in total.